The Morgan fingerprint density at radius 3 is 2.50 bits per heavy atom. The van der Waals surface area contributed by atoms with Crippen LogP contribution >= 0.6 is 0 Å². The lowest BCUT2D eigenvalue weighted by molar-refractivity contribution is -0.197. The standard InChI is InChI=1S/C19H26F3NO5/c1-17(6-3-7-17)18(16(25)26)8-4-12(10-18)23(15(24)19(20,21)22)13-5-9-28-11-14(13)27-2/h4,8,12-14H,3,5-7,9-11H2,1-2H3,(H,25,26)/t12-,13+,14-,18-/m1/s1. The first-order valence-electron chi connectivity index (χ1n) is 9.48. The van der Waals surface area contributed by atoms with E-state index in [0.717, 1.165) is 11.3 Å². The van der Waals surface area contributed by atoms with Gasteiger partial charge < -0.3 is 19.5 Å². The van der Waals surface area contributed by atoms with Gasteiger partial charge in [0.2, 0.25) is 0 Å². The quantitative estimate of drug-likeness (QED) is 0.712. The van der Waals surface area contributed by atoms with Crippen LogP contribution in [0.3, 0.4) is 0 Å². The molecule has 0 aromatic heterocycles. The highest BCUT2D eigenvalue weighted by molar-refractivity contribution is 5.84. The molecule has 0 spiro atoms. The average molecular weight is 405 g/mol. The fourth-order valence-corrected chi connectivity index (χ4v) is 4.89. The Bertz CT molecular complexity index is 660. The Labute approximate surface area is 161 Å². The van der Waals surface area contributed by atoms with Crippen molar-refractivity contribution in [3.05, 3.63) is 12.2 Å². The summed E-state index contributed by atoms with van der Waals surface area (Å²) in [6, 6.07) is -1.79. The summed E-state index contributed by atoms with van der Waals surface area (Å²) in [5.74, 6) is -3.01. The number of alkyl halides is 3. The van der Waals surface area contributed by atoms with Gasteiger partial charge in [-0.05, 0) is 31.1 Å². The molecule has 0 aromatic rings. The number of hydrogen-bond acceptors (Lipinski definition) is 4. The zero-order chi connectivity index (χ0) is 20.7. The number of ether oxygens (including phenoxy) is 2. The van der Waals surface area contributed by atoms with Crippen molar-refractivity contribution in [1.29, 1.82) is 0 Å². The molecule has 158 valence electrons. The zero-order valence-electron chi connectivity index (χ0n) is 16.0. The highest BCUT2D eigenvalue weighted by Crippen LogP contribution is 2.59. The third kappa shape index (κ3) is 3.32. The molecule has 0 bridgehead atoms. The van der Waals surface area contributed by atoms with Crippen LogP contribution in [0.2, 0.25) is 0 Å². The maximum absolute atomic E-state index is 13.4. The van der Waals surface area contributed by atoms with E-state index in [1.165, 1.54) is 19.3 Å². The smallest absolute Gasteiger partial charge is 0.471 e. The van der Waals surface area contributed by atoms with Gasteiger partial charge in [0.25, 0.3) is 0 Å². The van der Waals surface area contributed by atoms with E-state index in [1.807, 2.05) is 6.92 Å². The van der Waals surface area contributed by atoms with Crippen LogP contribution < -0.4 is 0 Å². The number of carbonyl (C=O) groups excluding carboxylic acids is 1. The van der Waals surface area contributed by atoms with Crippen LogP contribution in [0.4, 0.5) is 13.2 Å². The Morgan fingerprint density at radius 1 is 1.32 bits per heavy atom. The van der Waals surface area contributed by atoms with E-state index in [2.05, 4.69) is 0 Å². The van der Waals surface area contributed by atoms with E-state index in [1.54, 1.807) is 0 Å². The molecule has 0 radical (unpaired) electrons. The van der Waals surface area contributed by atoms with Crippen molar-refractivity contribution in [1.82, 2.24) is 4.90 Å². The van der Waals surface area contributed by atoms with Gasteiger partial charge in [-0.25, -0.2) is 0 Å². The summed E-state index contributed by atoms with van der Waals surface area (Å²) >= 11 is 0. The number of carboxylic acids is 1. The summed E-state index contributed by atoms with van der Waals surface area (Å²) in [6.45, 7) is 2.16. The highest BCUT2D eigenvalue weighted by Gasteiger charge is 2.60. The minimum absolute atomic E-state index is 0.0611. The third-order valence-corrected chi connectivity index (χ3v) is 6.81. The molecule has 2 aliphatic carbocycles. The largest absolute Gasteiger partial charge is 0.481 e. The lowest BCUT2D eigenvalue weighted by Gasteiger charge is -2.50. The molecule has 3 aliphatic rings. The van der Waals surface area contributed by atoms with Gasteiger partial charge in [0, 0.05) is 13.7 Å². The second kappa shape index (κ2) is 7.33. The van der Waals surface area contributed by atoms with Crippen molar-refractivity contribution in [2.24, 2.45) is 10.8 Å². The molecule has 1 saturated carbocycles. The predicted octanol–water partition coefficient (Wildman–Crippen LogP) is 2.77. The molecular formula is C19H26F3NO5. The summed E-state index contributed by atoms with van der Waals surface area (Å²) in [7, 11) is 1.37. The van der Waals surface area contributed by atoms with Gasteiger partial charge in [0.15, 0.2) is 0 Å². The number of carboxylic acid groups (broad SMARTS) is 1. The highest BCUT2D eigenvalue weighted by atomic mass is 19.4. The molecule has 4 atom stereocenters. The van der Waals surface area contributed by atoms with E-state index in [4.69, 9.17) is 9.47 Å². The first-order valence-corrected chi connectivity index (χ1v) is 9.48. The van der Waals surface area contributed by atoms with Crippen molar-refractivity contribution in [3.8, 4) is 0 Å². The molecule has 0 aromatic carbocycles. The van der Waals surface area contributed by atoms with Crippen LogP contribution in [0.15, 0.2) is 12.2 Å². The molecule has 2 fully saturated rings. The van der Waals surface area contributed by atoms with E-state index in [0.29, 0.717) is 12.8 Å². The van der Waals surface area contributed by atoms with Crippen molar-refractivity contribution in [3.63, 3.8) is 0 Å². The second-order valence-corrected chi connectivity index (χ2v) is 8.24. The van der Waals surface area contributed by atoms with Gasteiger partial charge in [0.1, 0.15) is 6.10 Å². The Morgan fingerprint density at radius 2 is 2.00 bits per heavy atom. The topological polar surface area (TPSA) is 76.1 Å². The van der Waals surface area contributed by atoms with Crippen LogP contribution in [0.5, 0.6) is 0 Å². The lowest BCUT2D eigenvalue weighted by Crippen LogP contribution is -2.59. The number of nitrogens with zero attached hydrogens (tertiary/aromatic N) is 1. The summed E-state index contributed by atoms with van der Waals surface area (Å²) in [5.41, 5.74) is -1.79. The maximum Gasteiger partial charge on any atom is 0.471 e. The van der Waals surface area contributed by atoms with Gasteiger partial charge in [-0.15, -0.1) is 0 Å². The first-order chi connectivity index (χ1) is 13.1. The number of methoxy groups -OCH3 is 1. The number of aliphatic carboxylic acids is 1. The Hall–Kier alpha value is -1.61. The third-order valence-electron chi connectivity index (χ3n) is 6.81. The fraction of sp³-hybridized carbons (Fsp3) is 0.789. The molecule has 6 nitrogen and oxygen atoms in total. The summed E-state index contributed by atoms with van der Waals surface area (Å²) in [5, 5.41) is 9.95. The molecule has 1 heterocycles. The molecule has 1 amide bonds. The normalized spacial score (nSPS) is 34.7. The molecule has 1 saturated heterocycles. The van der Waals surface area contributed by atoms with Gasteiger partial charge in [-0.2, -0.15) is 13.2 Å². The zero-order valence-corrected chi connectivity index (χ0v) is 16.0. The minimum atomic E-state index is -5.06. The van der Waals surface area contributed by atoms with Gasteiger partial charge in [-0.3, -0.25) is 9.59 Å². The average Bonchev–Trinajstić information content (AvgIpc) is 3.06. The maximum atomic E-state index is 13.4. The molecule has 0 unspecified atom stereocenters. The van der Waals surface area contributed by atoms with Crippen LogP contribution in [0.1, 0.15) is 39.0 Å². The van der Waals surface area contributed by atoms with E-state index in [9.17, 15) is 27.9 Å². The fourth-order valence-electron chi connectivity index (χ4n) is 4.89. The van der Waals surface area contributed by atoms with Crippen molar-refractivity contribution >= 4 is 11.9 Å². The monoisotopic (exact) mass is 405 g/mol. The van der Waals surface area contributed by atoms with Gasteiger partial charge >= 0.3 is 18.1 Å². The Kier molecular flexibility index (Phi) is 5.53. The summed E-state index contributed by atoms with van der Waals surface area (Å²) in [6.07, 6.45) is -0.368. The molecule has 3 rings (SSSR count). The second-order valence-electron chi connectivity index (χ2n) is 8.24. The van der Waals surface area contributed by atoms with Crippen LogP contribution in [-0.2, 0) is 19.1 Å². The van der Waals surface area contributed by atoms with Gasteiger partial charge in [0.05, 0.1) is 24.1 Å². The molecular weight excluding hydrogens is 379 g/mol. The Balaban J connectivity index is 1.94. The van der Waals surface area contributed by atoms with E-state index >= 15 is 0 Å². The number of rotatable bonds is 5. The number of halogens is 3. The molecule has 1 N–H and O–H groups in total. The van der Waals surface area contributed by atoms with Crippen LogP contribution in [0.25, 0.3) is 0 Å². The number of carbonyl (C=O) groups is 2. The van der Waals surface area contributed by atoms with E-state index < -0.39 is 47.1 Å². The van der Waals surface area contributed by atoms with Crippen molar-refractivity contribution in [2.75, 3.05) is 20.3 Å². The summed E-state index contributed by atoms with van der Waals surface area (Å²) in [4.78, 5) is 25.3. The van der Waals surface area contributed by atoms with Crippen molar-refractivity contribution in [2.45, 2.75) is 63.4 Å². The lowest BCUT2D eigenvalue weighted by atomic mass is 9.53. The van der Waals surface area contributed by atoms with Gasteiger partial charge in [-0.1, -0.05) is 25.5 Å². The predicted molar refractivity (Wildman–Crippen MR) is 92.5 cm³/mol. The first kappa shape index (κ1) is 21.1. The molecule has 1 aliphatic heterocycles. The van der Waals surface area contributed by atoms with E-state index in [-0.39, 0.29) is 26.1 Å². The summed E-state index contributed by atoms with van der Waals surface area (Å²) < 4.78 is 50.8. The van der Waals surface area contributed by atoms with Crippen LogP contribution in [0, 0.1) is 10.8 Å². The van der Waals surface area contributed by atoms with Crippen molar-refractivity contribution < 1.29 is 37.3 Å². The molecule has 9 heteroatoms. The minimum Gasteiger partial charge on any atom is -0.481 e. The van der Waals surface area contributed by atoms with Crippen LogP contribution in [-0.4, -0.2) is 66.6 Å². The molecule has 28 heavy (non-hydrogen) atoms. The SMILES string of the molecule is CO[C@@H]1COCC[C@@H]1N(C(=O)C(F)(F)F)[C@@H]1C=C[C@@](C(=O)O)(C2(C)CCC2)C1. The number of amides is 1. The number of hydrogen-bond donors (Lipinski definition) is 1.